The van der Waals surface area contributed by atoms with Gasteiger partial charge in [0.05, 0.1) is 145 Å². The van der Waals surface area contributed by atoms with Gasteiger partial charge in [-0.25, -0.2) is 9.59 Å². The lowest BCUT2D eigenvalue weighted by Crippen LogP contribution is -2.47. The van der Waals surface area contributed by atoms with Gasteiger partial charge in [0, 0.05) is 38.9 Å². The summed E-state index contributed by atoms with van der Waals surface area (Å²) < 4.78 is 71.6. The number of carbonyl (C=O) groups is 6. The van der Waals surface area contributed by atoms with E-state index in [0.717, 1.165) is 31.2 Å². The molecule has 0 saturated carbocycles. The number of alkyl carbamates (subject to hydrolysis) is 1. The lowest BCUT2D eigenvalue weighted by molar-refractivity contribution is -0.159. The van der Waals surface area contributed by atoms with E-state index >= 15 is 0 Å². The molecule has 0 bridgehead atoms. The number of esters is 1. The molecule has 0 aromatic heterocycles. The van der Waals surface area contributed by atoms with Gasteiger partial charge in [-0.15, -0.1) is 0 Å². The zero-order valence-electron chi connectivity index (χ0n) is 55.3. The minimum absolute atomic E-state index is 0.00667. The van der Waals surface area contributed by atoms with E-state index in [4.69, 9.17) is 67.3 Å². The van der Waals surface area contributed by atoms with Gasteiger partial charge in [-0.2, -0.15) is 0 Å². The third-order valence-electron chi connectivity index (χ3n) is 13.0. The molecule has 0 fully saturated rings. The van der Waals surface area contributed by atoms with E-state index < -0.39 is 29.7 Å². The lowest BCUT2D eigenvalue weighted by Gasteiger charge is -2.24. The van der Waals surface area contributed by atoms with Crippen molar-refractivity contribution < 1.29 is 90.3 Å². The number of aryl methyl sites for hydroxylation is 1. The Morgan fingerprint density at radius 3 is 1.33 bits per heavy atom. The maximum Gasteiger partial charge on any atom is 0.407 e. The molecule has 0 aliphatic heterocycles. The first-order chi connectivity index (χ1) is 44.1. The third kappa shape index (κ3) is 50.8. The van der Waals surface area contributed by atoms with Gasteiger partial charge >= 0.3 is 12.1 Å². The number of hydrogen-bond acceptors (Lipinski definition) is 20. The highest BCUT2D eigenvalue weighted by molar-refractivity contribution is 5.87. The first-order valence-electron chi connectivity index (χ1n) is 32.6. The van der Waals surface area contributed by atoms with Crippen molar-refractivity contribution in [3.05, 3.63) is 71.3 Å². The molecule has 2 rings (SSSR count). The fourth-order valence-corrected chi connectivity index (χ4v) is 8.35. The van der Waals surface area contributed by atoms with Gasteiger partial charge in [-0.1, -0.05) is 68.4 Å². The Hall–Kier alpha value is -5.42. The van der Waals surface area contributed by atoms with Gasteiger partial charge in [0.2, 0.25) is 23.6 Å². The highest BCUT2D eigenvalue weighted by Gasteiger charge is 2.26. The monoisotopic (exact) mass is 1290 g/mol. The minimum atomic E-state index is -0.804. The van der Waals surface area contributed by atoms with Gasteiger partial charge in [0.1, 0.15) is 24.3 Å². The first-order valence-corrected chi connectivity index (χ1v) is 32.6. The number of unbranched alkanes of at least 4 members (excludes halogenated alkanes) is 2. The first kappa shape index (κ1) is 81.7. The van der Waals surface area contributed by atoms with Crippen molar-refractivity contribution in [1.29, 1.82) is 0 Å². The molecule has 7 N–H and O–H groups in total. The van der Waals surface area contributed by atoms with Gasteiger partial charge < -0.3 is 93.9 Å². The molecule has 2 aromatic carbocycles. The zero-order chi connectivity index (χ0) is 66.1. The van der Waals surface area contributed by atoms with E-state index in [1.165, 1.54) is 11.1 Å². The molecule has 25 heteroatoms. The second kappa shape index (κ2) is 56.1. The number of nitrogens with one attached hydrogen (secondary N) is 5. The summed E-state index contributed by atoms with van der Waals surface area (Å²) in [5.74, 6) is -0.776. The number of carbonyl (C=O) groups excluding carboxylic acids is 6. The smallest absolute Gasteiger partial charge is 0.407 e. The quantitative estimate of drug-likeness (QED) is 0.0377. The third-order valence-corrected chi connectivity index (χ3v) is 13.0. The molecule has 2 atom stereocenters. The molecular weight excluding hydrogens is 1180 g/mol. The van der Waals surface area contributed by atoms with Crippen LogP contribution < -0.4 is 32.3 Å². The molecule has 0 aliphatic rings. The van der Waals surface area contributed by atoms with Gasteiger partial charge in [0.15, 0.2) is 0 Å². The molecule has 0 saturated heterocycles. The standard InChI is InChI=1S/C66H112N6O19/c1-54(2)52-56-22-20-55(21-23-56)16-13-19-60(73)68-27-12-10-18-59(64(77)91-66(3,4)5)72-62(75)25-31-80-35-39-84-42-44-86-46-48-88-50-51-89-49-47-87-45-43-85-40-36-81-32-28-69-63(76)58(17-9-11-26-67)71-61(74)24-30-79-34-38-83-41-37-82-33-29-70-65(78)90-53-57-14-7-6-8-15-57/h6-8,14-15,20-23,54,58-59H,9-13,16-19,24-53,67H2,1-5H3,(H,68,73)(H,69,76)(H,70,78)(H,71,74)(H,72,75). The highest BCUT2D eigenvalue weighted by Crippen LogP contribution is 2.14. The fourth-order valence-electron chi connectivity index (χ4n) is 8.35. The van der Waals surface area contributed by atoms with Crippen LogP contribution in [0.2, 0.25) is 0 Å². The Morgan fingerprint density at radius 2 is 0.857 bits per heavy atom. The van der Waals surface area contributed by atoms with Crippen molar-refractivity contribution in [2.75, 3.05) is 172 Å². The van der Waals surface area contributed by atoms with Gasteiger partial charge in [-0.3, -0.25) is 19.2 Å². The summed E-state index contributed by atoms with van der Waals surface area (Å²) in [5, 5.41) is 14.0. The van der Waals surface area contributed by atoms with Crippen LogP contribution in [0.4, 0.5) is 4.79 Å². The molecule has 25 nitrogen and oxygen atoms in total. The summed E-state index contributed by atoms with van der Waals surface area (Å²) in [6.45, 7) is 19.1. The zero-order valence-corrected chi connectivity index (χ0v) is 55.3. The Balaban J connectivity index is 1.35. The maximum absolute atomic E-state index is 13.0. The van der Waals surface area contributed by atoms with Crippen LogP contribution in [0.1, 0.15) is 116 Å². The number of amides is 5. The average Bonchev–Trinajstić information content (AvgIpc) is 3.36. The summed E-state index contributed by atoms with van der Waals surface area (Å²) in [4.78, 5) is 75.5. The summed E-state index contributed by atoms with van der Waals surface area (Å²) >= 11 is 0. The van der Waals surface area contributed by atoms with E-state index in [-0.39, 0.29) is 69.4 Å². The summed E-state index contributed by atoms with van der Waals surface area (Å²) in [5.41, 5.74) is 8.41. The Bertz CT molecular complexity index is 2140. The van der Waals surface area contributed by atoms with Gasteiger partial charge in [0.25, 0.3) is 0 Å². The fraction of sp³-hybridized carbons (Fsp3) is 0.727. The number of rotatable bonds is 60. The van der Waals surface area contributed by atoms with Crippen LogP contribution in [0.5, 0.6) is 0 Å². The SMILES string of the molecule is CC(C)Cc1ccc(CCCC(=O)NCCCCC(NC(=O)CCOCCOCCOCCOCCOCCOCCOCCOCCNC(=O)C(CCCCN)NC(=O)CCOCCOCCOCCNC(=O)OCc2ccccc2)C(=O)OC(C)(C)C)cc1. The van der Waals surface area contributed by atoms with Crippen molar-refractivity contribution in [3.8, 4) is 0 Å². The van der Waals surface area contributed by atoms with Crippen LogP contribution >= 0.6 is 0 Å². The van der Waals surface area contributed by atoms with E-state index in [0.29, 0.717) is 190 Å². The van der Waals surface area contributed by atoms with E-state index in [9.17, 15) is 28.8 Å². The topological polar surface area (TPSA) is 309 Å². The predicted octanol–water partition coefficient (Wildman–Crippen LogP) is 4.94. The molecule has 0 radical (unpaired) electrons. The van der Waals surface area contributed by atoms with Crippen LogP contribution in [0, 0.1) is 5.92 Å². The average molecular weight is 1290 g/mol. The number of benzene rings is 2. The van der Waals surface area contributed by atoms with Crippen LogP contribution in [0.3, 0.4) is 0 Å². The highest BCUT2D eigenvalue weighted by atomic mass is 16.6. The number of nitrogens with two attached hydrogens (primary N) is 1. The summed E-state index contributed by atoms with van der Waals surface area (Å²) in [6, 6.07) is 16.5. The van der Waals surface area contributed by atoms with Crippen LogP contribution in [-0.2, 0) is 105 Å². The molecule has 520 valence electrons. The minimum Gasteiger partial charge on any atom is -0.458 e. The Morgan fingerprint density at radius 1 is 0.429 bits per heavy atom. The predicted molar refractivity (Wildman–Crippen MR) is 343 cm³/mol. The number of hydrogen-bond donors (Lipinski definition) is 6. The van der Waals surface area contributed by atoms with Gasteiger partial charge in [-0.05, 0) is 108 Å². The van der Waals surface area contributed by atoms with Crippen molar-refractivity contribution in [2.45, 2.75) is 136 Å². The molecule has 2 aromatic rings. The van der Waals surface area contributed by atoms with E-state index in [1.807, 2.05) is 30.3 Å². The molecule has 5 amide bonds. The maximum atomic E-state index is 13.0. The van der Waals surface area contributed by atoms with Crippen molar-refractivity contribution in [3.63, 3.8) is 0 Å². The molecule has 0 aliphatic carbocycles. The Labute approximate surface area is 541 Å². The molecule has 91 heavy (non-hydrogen) atoms. The second-order valence-corrected chi connectivity index (χ2v) is 22.7. The van der Waals surface area contributed by atoms with E-state index in [1.54, 1.807) is 20.8 Å². The van der Waals surface area contributed by atoms with Crippen LogP contribution in [0.25, 0.3) is 0 Å². The normalized spacial score (nSPS) is 12.1. The second-order valence-electron chi connectivity index (χ2n) is 22.7. The Kier molecular flexibility index (Phi) is 50.4. The van der Waals surface area contributed by atoms with Crippen molar-refractivity contribution in [1.82, 2.24) is 26.6 Å². The van der Waals surface area contributed by atoms with Crippen molar-refractivity contribution in [2.24, 2.45) is 11.7 Å². The molecule has 2 unspecified atom stereocenters. The van der Waals surface area contributed by atoms with Crippen LogP contribution in [0.15, 0.2) is 54.6 Å². The summed E-state index contributed by atoms with van der Waals surface area (Å²) in [7, 11) is 0. The van der Waals surface area contributed by atoms with E-state index in [2.05, 4.69) is 64.7 Å². The molecule has 0 heterocycles. The summed E-state index contributed by atoms with van der Waals surface area (Å²) in [6.07, 6.45) is 6.31. The lowest BCUT2D eigenvalue weighted by atomic mass is 10.00. The molecular formula is C66H112N6O19. The van der Waals surface area contributed by atoms with Crippen LogP contribution in [-0.4, -0.2) is 225 Å². The number of ether oxygens (including phenoxy) is 13. The largest absolute Gasteiger partial charge is 0.458 e. The van der Waals surface area contributed by atoms with Crippen molar-refractivity contribution >= 4 is 35.7 Å². The molecule has 0 spiro atoms.